The molecule has 0 aliphatic carbocycles. The molecule has 140 valence electrons. The number of piperidine rings is 1. The van der Waals surface area contributed by atoms with Crippen molar-refractivity contribution < 1.29 is 19.2 Å². The third-order valence-electron chi connectivity index (χ3n) is 4.09. The topological polar surface area (TPSA) is 89.8 Å². The first-order chi connectivity index (χ1) is 12.9. The van der Waals surface area contributed by atoms with Crippen LogP contribution in [-0.4, -0.2) is 28.2 Å². The summed E-state index contributed by atoms with van der Waals surface area (Å²) in [6.45, 7) is 0.248. The molecule has 2 aromatic rings. The monoisotopic (exact) mass is 452 g/mol. The second-order valence-electron chi connectivity index (χ2n) is 5.92. The van der Waals surface area contributed by atoms with E-state index >= 15 is 0 Å². The summed E-state index contributed by atoms with van der Waals surface area (Å²) < 4.78 is 6.44. The van der Waals surface area contributed by atoms with Gasteiger partial charge in [-0.2, -0.15) is 0 Å². The number of imide groups is 1. The van der Waals surface area contributed by atoms with E-state index in [2.05, 4.69) is 15.9 Å². The molecule has 0 spiro atoms. The Balaban J connectivity index is 1.96. The van der Waals surface area contributed by atoms with E-state index in [0.717, 1.165) is 9.37 Å². The fourth-order valence-electron chi connectivity index (χ4n) is 2.76. The van der Waals surface area contributed by atoms with Gasteiger partial charge in [0, 0.05) is 29.6 Å². The fourth-order valence-corrected chi connectivity index (χ4v) is 3.47. The number of amides is 2. The number of halogens is 2. The van der Waals surface area contributed by atoms with Crippen LogP contribution in [0, 0.1) is 10.1 Å². The van der Waals surface area contributed by atoms with E-state index < -0.39 is 10.8 Å². The predicted octanol–water partition coefficient (Wildman–Crippen LogP) is 4.96. The number of ether oxygens (including phenoxy) is 1. The van der Waals surface area contributed by atoms with Gasteiger partial charge in [0.2, 0.25) is 5.91 Å². The number of likely N-dealkylation sites (tertiary alicyclic amines) is 1. The molecule has 2 aromatic carbocycles. The van der Waals surface area contributed by atoms with E-state index in [1.807, 2.05) is 0 Å². The van der Waals surface area contributed by atoms with Gasteiger partial charge in [0.05, 0.1) is 9.95 Å². The minimum atomic E-state index is -0.696. The lowest BCUT2D eigenvalue weighted by molar-refractivity contribution is -0.385. The molecule has 0 aromatic heterocycles. The summed E-state index contributed by atoms with van der Waals surface area (Å²) in [5.41, 5.74) is -0.575. The summed E-state index contributed by atoms with van der Waals surface area (Å²) in [5.74, 6) is -0.486. The number of hydrogen-bond donors (Lipinski definition) is 0. The minimum absolute atomic E-state index is 0.194. The normalized spacial score (nSPS) is 14.1. The summed E-state index contributed by atoms with van der Waals surface area (Å²) in [6, 6.07) is 8.82. The first-order valence-corrected chi connectivity index (χ1v) is 9.30. The second-order valence-corrected chi connectivity index (χ2v) is 7.24. The first-order valence-electron chi connectivity index (χ1n) is 8.13. The molecule has 1 heterocycles. The molecule has 0 unspecified atom stereocenters. The van der Waals surface area contributed by atoms with Crippen LogP contribution in [0.15, 0.2) is 40.9 Å². The Bertz CT molecular complexity index is 934. The van der Waals surface area contributed by atoms with Gasteiger partial charge in [-0.15, -0.1) is 0 Å². The van der Waals surface area contributed by atoms with Gasteiger partial charge in [-0.3, -0.25) is 24.6 Å². The van der Waals surface area contributed by atoms with Gasteiger partial charge in [0.15, 0.2) is 0 Å². The molecular formula is C18H14BrClN2O5. The average Bonchev–Trinajstić information content (AvgIpc) is 2.63. The molecule has 1 saturated heterocycles. The molecule has 2 amide bonds. The molecular weight excluding hydrogens is 440 g/mol. The van der Waals surface area contributed by atoms with Crippen molar-refractivity contribution in [2.45, 2.75) is 19.3 Å². The van der Waals surface area contributed by atoms with Gasteiger partial charge in [-0.1, -0.05) is 27.5 Å². The van der Waals surface area contributed by atoms with Crippen LogP contribution in [0.1, 0.15) is 29.6 Å². The van der Waals surface area contributed by atoms with E-state index in [1.54, 1.807) is 18.2 Å². The Labute approximate surface area is 168 Å². The number of nitrogens with zero attached hydrogens (tertiary/aromatic N) is 2. The smallest absolute Gasteiger partial charge is 0.282 e. The van der Waals surface area contributed by atoms with Crippen molar-refractivity contribution in [3.8, 4) is 11.5 Å². The Kier molecular flexibility index (Phi) is 5.76. The third-order valence-corrected chi connectivity index (χ3v) is 4.87. The van der Waals surface area contributed by atoms with Crippen molar-refractivity contribution in [1.82, 2.24) is 4.90 Å². The molecule has 0 atom stereocenters. The van der Waals surface area contributed by atoms with Gasteiger partial charge < -0.3 is 4.74 Å². The summed E-state index contributed by atoms with van der Waals surface area (Å²) >= 11 is 9.41. The van der Waals surface area contributed by atoms with Crippen molar-refractivity contribution in [3.63, 3.8) is 0 Å². The van der Waals surface area contributed by atoms with Crippen LogP contribution in [0.25, 0.3) is 0 Å². The van der Waals surface area contributed by atoms with Crippen LogP contribution in [-0.2, 0) is 4.79 Å². The molecule has 0 N–H and O–H groups in total. The number of carbonyl (C=O) groups excluding carboxylic acids is 2. The van der Waals surface area contributed by atoms with Gasteiger partial charge in [-0.25, -0.2) is 0 Å². The lowest BCUT2D eigenvalue weighted by Crippen LogP contribution is -2.40. The maximum Gasteiger partial charge on any atom is 0.282 e. The van der Waals surface area contributed by atoms with Crippen LogP contribution in [0.3, 0.4) is 0 Å². The van der Waals surface area contributed by atoms with Crippen LogP contribution >= 0.6 is 27.5 Å². The summed E-state index contributed by atoms with van der Waals surface area (Å²) in [6.07, 6.45) is 1.64. The van der Waals surface area contributed by atoms with Crippen LogP contribution in [0.2, 0.25) is 5.02 Å². The predicted molar refractivity (Wildman–Crippen MR) is 102 cm³/mol. The van der Waals surface area contributed by atoms with Crippen molar-refractivity contribution in [2.75, 3.05) is 6.54 Å². The lowest BCUT2D eigenvalue weighted by atomic mass is 10.1. The van der Waals surface area contributed by atoms with Crippen LogP contribution in [0.5, 0.6) is 11.5 Å². The molecule has 7 nitrogen and oxygen atoms in total. The number of nitro groups is 1. The van der Waals surface area contributed by atoms with Crippen molar-refractivity contribution in [1.29, 1.82) is 0 Å². The molecule has 9 heteroatoms. The first kappa shape index (κ1) is 19.3. The Morgan fingerprint density at radius 2 is 2.00 bits per heavy atom. The number of nitro benzene ring substituents is 1. The van der Waals surface area contributed by atoms with Crippen molar-refractivity contribution in [2.24, 2.45) is 0 Å². The Hall–Kier alpha value is -2.45. The van der Waals surface area contributed by atoms with Crippen LogP contribution in [0.4, 0.5) is 5.69 Å². The van der Waals surface area contributed by atoms with E-state index in [1.165, 1.54) is 18.2 Å². The van der Waals surface area contributed by atoms with Gasteiger partial charge in [0.1, 0.15) is 17.1 Å². The van der Waals surface area contributed by atoms with Crippen LogP contribution < -0.4 is 4.74 Å². The summed E-state index contributed by atoms with van der Waals surface area (Å²) in [5, 5.41) is 11.7. The van der Waals surface area contributed by atoms with E-state index in [4.69, 9.17) is 16.3 Å². The van der Waals surface area contributed by atoms with Gasteiger partial charge in [0.25, 0.3) is 11.6 Å². The highest BCUT2D eigenvalue weighted by atomic mass is 79.9. The van der Waals surface area contributed by atoms with Gasteiger partial charge in [-0.05, 0) is 37.1 Å². The van der Waals surface area contributed by atoms with Gasteiger partial charge >= 0.3 is 0 Å². The van der Waals surface area contributed by atoms with E-state index in [-0.39, 0.29) is 35.9 Å². The van der Waals surface area contributed by atoms with E-state index in [9.17, 15) is 19.7 Å². The standard InChI is InChI=1S/C18H14BrClN2O5/c19-11-4-7-16(14(20)9-11)27-12-5-6-15(22(25)26)13(10-12)18(24)21-8-2-1-3-17(21)23/h4-7,9-10H,1-3,8H2. The summed E-state index contributed by atoms with van der Waals surface area (Å²) in [4.78, 5) is 36.5. The number of benzene rings is 2. The maximum absolute atomic E-state index is 12.8. The quantitative estimate of drug-likeness (QED) is 0.371. The number of carbonyl (C=O) groups is 2. The molecule has 1 aliphatic rings. The molecule has 27 heavy (non-hydrogen) atoms. The molecule has 1 aliphatic heterocycles. The van der Waals surface area contributed by atoms with Crippen molar-refractivity contribution in [3.05, 3.63) is 61.6 Å². The maximum atomic E-state index is 12.8. The molecule has 1 fully saturated rings. The third kappa shape index (κ3) is 4.28. The van der Waals surface area contributed by atoms with E-state index in [0.29, 0.717) is 23.6 Å². The minimum Gasteiger partial charge on any atom is -0.456 e. The highest BCUT2D eigenvalue weighted by Crippen LogP contribution is 2.34. The van der Waals surface area contributed by atoms with Crippen molar-refractivity contribution >= 4 is 45.0 Å². The zero-order valence-corrected chi connectivity index (χ0v) is 16.3. The largest absolute Gasteiger partial charge is 0.456 e. The zero-order valence-electron chi connectivity index (χ0n) is 14.0. The summed E-state index contributed by atoms with van der Waals surface area (Å²) in [7, 11) is 0. The highest BCUT2D eigenvalue weighted by molar-refractivity contribution is 9.10. The Morgan fingerprint density at radius 1 is 1.22 bits per heavy atom. The number of rotatable bonds is 4. The highest BCUT2D eigenvalue weighted by Gasteiger charge is 2.30. The second kappa shape index (κ2) is 8.06. The number of hydrogen-bond acceptors (Lipinski definition) is 5. The molecule has 0 bridgehead atoms. The average molecular weight is 454 g/mol. The SMILES string of the molecule is O=C1CCCCN1C(=O)c1cc(Oc2ccc(Br)cc2Cl)ccc1[N+](=O)[O-]. The molecule has 0 radical (unpaired) electrons. The lowest BCUT2D eigenvalue weighted by Gasteiger charge is -2.24. The molecule has 3 rings (SSSR count). The fraction of sp³-hybridized carbons (Fsp3) is 0.222. The zero-order chi connectivity index (χ0) is 19.6. The molecule has 0 saturated carbocycles. The Morgan fingerprint density at radius 3 is 2.67 bits per heavy atom.